The van der Waals surface area contributed by atoms with Gasteiger partial charge in [0.05, 0.1) is 0 Å². The molecule has 0 aliphatic carbocycles. The third-order valence-electron chi connectivity index (χ3n) is 9.87. The quantitative estimate of drug-likeness (QED) is 0.129. The monoisotopic (exact) mass is 793 g/mol. The number of hydrogen-bond acceptors (Lipinski definition) is 10. The van der Waals surface area contributed by atoms with Crippen LogP contribution in [0.4, 0.5) is 4.79 Å². The summed E-state index contributed by atoms with van der Waals surface area (Å²) < 4.78 is 10.9. The topological polar surface area (TPSA) is 192 Å². The summed E-state index contributed by atoms with van der Waals surface area (Å²) in [5, 5.41) is 22.7. The normalized spacial score (nSPS) is 16.9. The third-order valence-corrected chi connectivity index (χ3v) is 9.87. The molecule has 14 nitrogen and oxygen atoms in total. The van der Waals surface area contributed by atoms with Crippen molar-refractivity contribution >= 4 is 35.7 Å². The van der Waals surface area contributed by atoms with Crippen LogP contribution >= 0.6 is 0 Å². The molecule has 2 unspecified atom stereocenters. The second kappa shape index (κ2) is 22.8. The Morgan fingerprint density at radius 2 is 1.21 bits per heavy atom. The number of nitrogens with zero attached hydrogens (tertiary/aromatic N) is 1. The molecule has 5 N–H and O–H groups in total. The molecule has 0 radical (unpaired) electrons. The van der Waals surface area contributed by atoms with Crippen molar-refractivity contribution in [3.63, 3.8) is 0 Å². The minimum atomic E-state index is -1.69. The fourth-order valence-electron chi connectivity index (χ4n) is 6.55. The molecule has 5 amide bonds. The SMILES string of the molecule is CC(C)C[C@H](C(=O)N[C@H](C(=O)OCc1ccccc1)C(C)C)N(C(=O)C(O)C1CCCCN1)C(=O)[C@@H](NC(=O)[C@@H](NC(=O)OCc1ccccc1)C(C)C)C(C)C. The van der Waals surface area contributed by atoms with E-state index in [-0.39, 0.29) is 25.6 Å². The number of nitrogens with one attached hydrogen (secondary N) is 4. The van der Waals surface area contributed by atoms with Gasteiger partial charge in [0.15, 0.2) is 0 Å². The molecule has 3 rings (SSSR count). The van der Waals surface area contributed by atoms with Crippen LogP contribution in [0.1, 0.15) is 92.2 Å². The van der Waals surface area contributed by atoms with E-state index in [1.807, 2.05) is 50.2 Å². The summed E-state index contributed by atoms with van der Waals surface area (Å²) in [5.41, 5.74) is 1.51. The summed E-state index contributed by atoms with van der Waals surface area (Å²) in [6.45, 7) is 14.4. The molecule has 0 bridgehead atoms. The largest absolute Gasteiger partial charge is 0.459 e. The number of esters is 1. The molecule has 1 fully saturated rings. The maximum Gasteiger partial charge on any atom is 0.408 e. The highest BCUT2D eigenvalue weighted by Crippen LogP contribution is 2.22. The van der Waals surface area contributed by atoms with E-state index in [1.165, 1.54) is 0 Å². The fraction of sp³-hybridized carbons (Fsp3) is 0.581. The van der Waals surface area contributed by atoms with Gasteiger partial charge >= 0.3 is 12.1 Å². The summed E-state index contributed by atoms with van der Waals surface area (Å²) >= 11 is 0. The zero-order valence-corrected chi connectivity index (χ0v) is 34.7. The molecule has 0 spiro atoms. The maximum atomic E-state index is 14.8. The predicted octanol–water partition coefficient (Wildman–Crippen LogP) is 4.24. The van der Waals surface area contributed by atoms with Crippen molar-refractivity contribution in [2.24, 2.45) is 23.7 Å². The Hall–Kier alpha value is -4.82. The molecule has 14 heteroatoms. The molecule has 314 valence electrons. The van der Waals surface area contributed by atoms with Crippen LogP contribution in [0.5, 0.6) is 0 Å². The molecule has 0 saturated carbocycles. The van der Waals surface area contributed by atoms with Crippen LogP contribution in [0.15, 0.2) is 60.7 Å². The first-order valence-electron chi connectivity index (χ1n) is 20.1. The first-order chi connectivity index (χ1) is 27.0. The third kappa shape index (κ3) is 14.3. The van der Waals surface area contributed by atoms with Crippen molar-refractivity contribution in [2.45, 2.75) is 131 Å². The van der Waals surface area contributed by atoms with E-state index in [4.69, 9.17) is 9.47 Å². The highest BCUT2D eigenvalue weighted by molar-refractivity contribution is 6.05. The van der Waals surface area contributed by atoms with Crippen LogP contribution in [0.2, 0.25) is 0 Å². The average molecular weight is 794 g/mol. The van der Waals surface area contributed by atoms with Crippen LogP contribution in [0, 0.1) is 23.7 Å². The van der Waals surface area contributed by atoms with Gasteiger partial charge in [-0.25, -0.2) is 9.59 Å². The number of hydrogen-bond donors (Lipinski definition) is 5. The van der Waals surface area contributed by atoms with Gasteiger partial charge in [-0.3, -0.25) is 24.1 Å². The van der Waals surface area contributed by atoms with E-state index >= 15 is 0 Å². The molecular formula is C43H63N5O9. The van der Waals surface area contributed by atoms with E-state index in [0.717, 1.165) is 28.9 Å². The van der Waals surface area contributed by atoms with Gasteiger partial charge in [0.25, 0.3) is 11.8 Å². The Kier molecular flexibility index (Phi) is 18.6. The van der Waals surface area contributed by atoms with Crippen molar-refractivity contribution in [1.29, 1.82) is 0 Å². The Bertz CT molecular complexity index is 1610. The Labute approximate surface area is 337 Å². The number of alkyl carbamates (subject to hydrolysis) is 1. The number of carbonyl (C=O) groups excluding carboxylic acids is 6. The van der Waals surface area contributed by atoms with Crippen LogP contribution in [0.3, 0.4) is 0 Å². The van der Waals surface area contributed by atoms with E-state index in [9.17, 15) is 33.9 Å². The first kappa shape index (κ1) is 46.6. The van der Waals surface area contributed by atoms with Crippen LogP contribution in [-0.4, -0.2) is 88.6 Å². The zero-order valence-electron chi connectivity index (χ0n) is 34.7. The van der Waals surface area contributed by atoms with Gasteiger partial charge in [0.2, 0.25) is 11.8 Å². The van der Waals surface area contributed by atoms with E-state index in [2.05, 4.69) is 21.3 Å². The molecule has 1 heterocycles. The first-order valence-corrected chi connectivity index (χ1v) is 20.1. The number of imide groups is 1. The number of piperidine rings is 1. The van der Waals surface area contributed by atoms with Crippen LogP contribution < -0.4 is 21.3 Å². The number of rotatable bonds is 19. The Morgan fingerprint density at radius 3 is 1.70 bits per heavy atom. The highest BCUT2D eigenvalue weighted by atomic mass is 16.5. The summed E-state index contributed by atoms with van der Waals surface area (Å²) in [4.78, 5) is 84.6. The van der Waals surface area contributed by atoms with E-state index < -0.39 is 89.8 Å². The van der Waals surface area contributed by atoms with Crippen molar-refractivity contribution in [3.05, 3.63) is 71.8 Å². The number of benzene rings is 2. The second-order valence-electron chi connectivity index (χ2n) is 16.2. The van der Waals surface area contributed by atoms with Gasteiger partial charge in [-0.2, -0.15) is 0 Å². The number of carbonyl (C=O) groups is 6. The van der Waals surface area contributed by atoms with Crippen molar-refractivity contribution in [3.8, 4) is 0 Å². The number of aliphatic hydroxyl groups is 1. The van der Waals surface area contributed by atoms with Crippen molar-refractivity contribution in [2.75, 3.05) is 6.54 Å². The molecule has 1 saturated heterocycles. The minimum absolute atomic E-state index is 0.0137. The van der Waals surface area contributed by atoms with Crippen molar-refractivity contribution in [1.82, 2.24) is 26.2 Å². The number of aliphatic hydroxyl groups excluding tert-OH is 1. The Balaban J connectivity index is 1.95. The van der Waals surface area contributed by atoms with Crippen LogP contribution in [-0.2, 0) is 46.7 Å². The second-order valence-corrected chi connectivity index (χ2v) is 16.2. The minimum Gasteiger partial charge on any atom is -0.459 e. The smallest absolute Gasteiger partial charge is 0.408 e. The Morgan fingerprint density at radius 1 is 0.684 bits per heavy atom. The lowest BCUT2D eigenvalue weighted by Gasteiger charge is -2.38. The lowest BCUT2D eigenvalue weighted by Crippen LogP contribution is -2.65. The molecule has 0 aromatic heterocycles. The van der Waals surface area contributed by atoms with Gasteiger partial charge < -0.3 is 35.8 Å². The summed E-state index contributed by atoms with van der Waals surface area (Å²) in [5.74, 6) is -5.83. The van der Waals surface area contributed by atoms with E-state index in [0.29, 0.717) is 13.0 Å². The van der Waals surface area contributed by atoms with Gasteiger partial charge in [0.1, 0.15) is 43.5 Å². The van der Waals surface area contributed by atoms with Gasteiger partial charge in [-0.15, -0.1) is 0 Å². The van der Waals surface area contributed by atoms with Crippen molar-refractivity contribution < 1.29 is 43.3 Å². The predicted molar refractivity (Wildman–Crippen MR) is 215 cm³/mol. The lowest BCUT2D eigenvalue weighted by atomic mass is 9.93. The van der Waals surface area contributed by atoms with Gasteiger partial charge in [-0.05, 0) is 60.6 Å². The molecule has 2 aromatic carbocycles. The molecule has 1 aliphatic rings. The molecule has 1 aliphatic heterocycles. The maximum absolute atomic E-state index is 14.8. The number of amides is 5. The highest BCUT2D eigenvalue weighted by Gasteiger charge is 2.45. The molecule has 2 aromatic rings. The standard InChI is InChI=1S/C43H63N5O9/c1-26(2)23-33(38(50)46-36(29(7)8)42(54)56-24-30-17-11-9-12-18-30)48(41(53)37(49)32-21-15-16-22-44-32)40(52)35(28(5)6)45-39(51)34(27(3)4)47-43(55)57-25-31-19-13-10-14-20-31/h9-14,17-20,26-29,32-37,44,49H,15-16,21-25H2,1-8H3,(H,45,51)(H,46,50)(H,47,55)/t32?,33-,34+,35+,36+,37?/m1/s1. The van der Waals surface area contributed by atoms with Gasteiger partial charge in [0, 0.05) is 6.04 Å². The molecule has 57 heavy (non-hydrogen) atoms. The van der Waals surface area contributed by atoms with Gasteiger partial charge in [-0.1, -0.05) is 122 Å². The summed E-state index contributed by atoms with van der Waals surface area (Å²) in [7, 11) is 0. The summed E-state index contributed by atoms with van der Waals surface area (Å²) in [6.07, 6.45) is -0.487. The average Bonchev–Trinajstić information content (AvgIpc) is 3.18. The summed E-state index contributed by atoms with van der Waals surface area (Å²) in [6, 6.07) is 12.3. The number of ether oxygens (including phenoxy) is 2. The zero-order chi connectivity index (χ0) is 42.2. The fourth-order valence-corrected chi connectivity index (χ4v) is 6.55. The lowest BCUT2D eigenvalue weighted by molar-refractivity contribution is -0.161. The van der Waals surface area contributed by atoms with Crippen LogP contribution in [0.25, 0.3) is 0 Å². The molecular weight excluding hydrogens is 730 g/mol. The molecule has 6 atom stereocenters. The van der Waals surface area contributed by atoms with E-state index in [1.54, 1.807) is 65.8 Å².